The summed E-state index contributed by atoms with van der Waals surface area (Å²) in [6.45, 7) is 2.55. The maximum absolute atomic E-state index is 13.0. The lowest BCUT2D eigenvalue weighted by atomic mass is 10.1. The minimum absolute atomic E-state index is 0.0232. The number of Topliss-reactive ketones (excluding diaryl/α,β-unsaturated/α-hetero) is 1. The van der Waals surface area contributed by atoms with Gasteiger partial charge < -0.3 is 9.80 Å². The van der Waals surface area contributed by atoms with Crippen molar-refractivity contribution in [2.24, 2.45) is 0 Å². The minimum atomic E-state index is -0.0232. The number of benzene rings is 2. The van der Waals surface area contributed by atoms with Gasteiger partial charge in [0.1, 0.15) is 0 Å². The van der Waals surface area contributed by atoms with Gasteiger partial charge in [-0.05, 0) is 43.5 Å². The van der Waals surface area contributed by atoms with Gasteiger partial charge in [-0.1, -0.05) is 47.6 Å². The number of hydrogen-bond donors (Lipinski definition) is 0. The van der Waals surface area contributed by atoms with Gasteiger partial charge in [-0.2, -0.15) is 0 Å². The van der Waals surface area contributed by atoms with Crippen molar-refractivity contribution in [3.8, 4) is 5.69 Å². The van der Waals surface area contributed by atoms with Gasteiger partial charge in [0.15, 0.2) is 10.9 Å². The van der Waals surface area contributed by atoms with Gasteiger partial charge in [0.25, 0.3) is 0 Å². The zero-order chi connectivity index (χ0) is 22.8. The lowest BCUT2D eigenvalue weighted by Crippen LogP contribution is -2.23. The Labute approximate surface area is 201 Å². The summed E-state index contributed by atoms with van der Waals surface area (Å²) in [5.74, 6) is 1.05. The highest BCUT2D eigenvalue weighted by Crippen LogP contribution is 2.32. The van der Waals surface area contributed by atoms with Crippen molar-refractivity contribution in [3.63, 3.8) is 0 Å². The number of aromatic nitrogens is 3. The quantitative estimate of drug-likeness (QED) is 0.362. The lowest BCUT2D eigenvalue weighted by Gasteiger charge is -2.19. The van der Waals surface area contributed by atoms with Crippen molar-refractivity contribution in [3.05, 3.63) is 59.1 Å². The molecule has 2 fully saturated rings. The van der Waals surface area contributed by atoms with Crippen LogP contribution in [0.1, 0.15) is 36.0 Å². The predicted molar refractivity (Wildman–Crippen MR) is 131 cm³/mol. The van der Waals surface area contributed by atoms with Crippen molar-refractivity contribution in [1.29, 1.82) is 0 Å². The normalized spacial score (nSPS) is 16.1. The van der Waals surface area contributed by atoms with E-state index in [0.717, 1.165) is 49.7 Å². The summed E-state index contributed by atoms with van der Waals surface area (Å²) < 4.78 is 1.95. The highest BCUT2D eigenvalue weighted by atomic mass is 35.5. The number of ketones is 1. The topological polar surface area (TPSA) is 71.3 Å². The monoisotopic (exact) mass is 481 g/mol. The van der Waals surface area contributed by atoms with Crippen LogP contribution in [0.4, 0.5) is 11.6 Å². The molecular weight excluding hydrogens is 458 g/mol. The molecule has 0 aliphatic carbocycles. The molecular formula is C24H24ClN5O2S. The lowest BCUT2D eigenvalue weighted by molar-refractivity contribution is -0.117. The van der Waals surface area contributed by atoms with Gasteiger partial charge >= 0.3 is 0 Å². The molecule has 0 unspecified atom stereocenters. The number of amides is 1. The Hall–Kier alpha value is -2.84. The van der Waals surface area contributed by atoms with Crippen LogP contribution in [-0.2, 0) is 4.79 Å². The van der Waals surface area contributed by atoms with E-state index in [1.165, 1.54) is 11.8 Å². The second-order valence-corrected chi connectivity index (χ2v) is 9.52. The molecule has 0 radical (unpaired) electrons. The number of halogens is 1. The van der Waals surface area contributed by atoms with Gasteiger partial charge in [-0.3, -0.25) is 14.2 Å². The van der Waals surface area contributed by atoms with Crippen molar-refractivity contribution in [2.75, 3.05) is 35.2 Å². The third-order valence-corrected chi connectivity index (χ3v) is 7.23. The SMILES string of the molecule is O=C(CSc1nnc(N2CCCC2)n1-c1ccccc1Cl)c1cccc(N2CCCC2=O)c1. The summed E-state index contributed by atoms with van der Waals surface area (Å²) >= 11 is 7.86. The Morgan fingerprint density at radius 3 is 2.58 bits per heavy atom. The number of thioether (sulfide) groups is 1. The zero-order valence-corrected chi connectivity index (χ0v) is 19.7. The van der Waals surface area contributed by atoms with Crippen LogP contribution in [0, 0.1) is 0 Å². The van der Waals surface area contributed by atoms with Gasteiger partial charge in [0.05, 0.1) is 16.5 Å². The van der Waals surface area contributed by atoms with Gasteiger partial charge in [-0.15, -0.1) is 10.2 Å². The zero-order valence-electron chi connectivity index (χ0n) is 18.1. The van der Waals surface area contributed by atoms with Crippen molar-refractivity contribution >= 4 is 46.7 Å². The van der Waals surface area contributed by atoms with E-state index in [-0.39, 0.29) is 17.4 Å². The van der Waals surface area contributed by atoms with Crippen LogP contribution in [0.15, 0.2) is 53.7 Å². The fraction of sp³-hybridized carbons (Fsp3) is 0.333. The second-order valence-electron chi connectivity index (χ2n) is 8.17. The molecule has 3 aromatic rings. The third kappa shape index (κ3) is 4.50. The number of carbonyl (C=O) groups excluding carboxylic acids is 2. The largest absolute Gasteiger partial charge is 0.341 e. The molecule has 9 heteroatoms. The van der Waals surface area contributed by atoms with Crippen LogP contribution in [0.2, 0.25) is 5.02 Å². The van der Waals surface area contributed by atoms with Gasteiger partial charge in [-0.25, -0.2) is 0 Å². The molecule has 2 aliphatic rings. The number of anilines is 2. The van der Waals surface area contributed by atoms with Crippen LogP contribution in [0.5, 0.6) is 0 Å². The summed E-state index contributed by atoms with van der Waals surface area (Å²) in [5, 5.41) is 10.1. The maximum Gasteiger partial charge on any atom is 0.232 e. The van der Waals surface area contributed by atoms with E-state index in [0.29, 0.717) is 28.7 Å². The van der Waals surface area contributed by atoms with Crippen molar-refractivity contribution in [1.82, 2.24) is 14.8 Å². The first-order chi connectivity index (χ1) is 16.1. The molecule has 3 heterocycles. The van der Waals surface area contributed by atoms with E-state index in [1.54, 1.807) is 17.0 Å². The fourth-order valence-corrected chi connectivity index (χ4v) is 5.36. The van der Waals surface area contributed by atoms with E-state index >= 15 is 0 Å². The molecule has 2 aliphatic heterocycles. The summed E-state index contributed by atoms with van der Waals surface area (Å²) in [4.78, 5) is 29.1. The summed E-state index contributed by atoms with van der Waals surface area (Å²) in [5.41, 5.74) is 2.17. The molecule has 0 N–H and O–H groups in total. The molecule has 1 aromatic heterocycles. The van der Waals surface area contributed by atoms with E-state index in [9.17, 15) is 9.59 Å². The first kappa shape index (κ1) is 22.0. The molecule has 7 nitrogen and oxygen atoms in total. The molecule has 33 heavy (non-hydrogen) atoms. The molecule has 0 bridgehead atoms. The van der Waals surface area contributed by atoms with E-state index < -0.39 is 0 Å². The Morgan fingerprint density at radius 1 is 1.00 bits per heavy atom. The highest BCUT2D eigenvalue weighted by molar-refractivity contribution is 7.99. The predicted octanol–water partition coefficient (Wildman–Crippen LogP) is 4.62. The average molecular weight is 482 g/mol. The van der Waals surface area contributed by atoms with E-state index in [2.05, 4.69) is 15.1 Å². The average Bonchev–Trinajstić information content (AvgIpc) is 3.59. The first-order valence-corrected chi connectivity index (χ1v) is 12.5. The number of carbonyl (C=O) groups is 2. The molecule has 0 spiro atoms. The van der Waals surface area contributed by atoms with Crippen LogP contribution < -0.4 is 9.80 Å². The number of rotatable bonds is 7. The number of para-hydroxylation sites is 1. The van der Waals surface area contributed by atoms with Gasteiger partial charge in [0.2, 0.25) is 11.9 Å². The molecule has 2 aromatic carbocycles. The Balaban J connectivity index is 1.38. The summed E-state index contributed by atoms with van der Waals surface area (Å²) in [6.07, 6.45) is 3.65. The highest BCUT2D eigenvalue weighted by Gasteiger charge is 2.25. The summed E-state index contributed by atoms with van der Waals surface area (Å²) in [6, 6.07) is 14.9. The standard InChI is InChI=1S/C24H24ClN5O2S/c25-19-9-1-2-10-20(19)30-23(28-12-3-4-13-28)26-27-24(30)33-16-21(31)17-7-5-8-18(15-17)29-14-6-11-22(29)32/h1-2,5,7-10,15H,3-4,6,11-14,16H2. The van der Waals surface area contributed by atoms with Crippen LogP contribution in [0.3, 0.4) is 0 Å². The van der Waals surface area contributed by atoms with E-state index in [1.807, 2.05) is 41.0 Å². The maximum atomic E-state index is 13.0. The second kappa shape index (κ2) is 9.57. The Bertz CT molecular complexity index is 1190. The number of nitrogens with zero attached hydrogens (tertiary/aromatic N) is 5. The Kier molecular flexibility index (Phi) is 6.37. The van der Waals surface area contributed by atoms with Crippen LogP contribution >= 0.6 is 23.4 Å². The van der Waals surface area contributed by atoms with Crippen LogP contribution in [-0.4, -0.2) is 51.8 Å². The number of hydrogen-bond acceptors (Lipinski definition) is 6. The summed E-state index contributed by atoms with van der Waals surface area (Å²) in [7, 11) is 0. The van der Waals surface area contributed by atoms with Gasteiger partial charge in [0, 0.05) is 37.3 Å². The van der Waals surface area contributed by atoms with E-state index in [4.69, 9.17) is 11.6 Å². The third-order valence-electron chi connectivity index (χ3n) is 5.98. The Morgan fingerprint density at radius 2 is 1.82 bits per heavy atom. The van der Waals surface area contributed by atoms with Crippen molar-refractivity contribution in [2.45, 2.75) is 30.8 Å². The first-order valence-electron chi connectivity index (χ1n) is 11.1. The molecule has 5 rings (SSSR count). The molecule has 2 saturated heterocycles. The minimum Gasteiger partial charge on any atom is -0.341 e. The smallest absolute Gasteiger partial charge is 0.232 e. The molecule has 170 valence electrons. The molecule has 0 atom stereocenters. The van der Waals surface area contributed by atoms with Crippen molar-refractivity contribution < 1.29 is 9.59 Å². The fourth-order valence-electron chi connectivity index (χ4n) is 4.30. The molecule has 1 amide bonds. The molecule has 0 saturated carbocycles. The van der Waals surface area contributed by atoms with Crippen LogP contribution in [0.25, 0.3) is 5.69 Å².